The Kier molecular flexibility index (Phi) is 7.01. The molecule has 1 fully saturated rings. The van der Waals surface area contributed by atoms with Gasteiger partial charge in [0, 0.05) is 5.54 Å². The summed E-state index contributed by atoms with van der Waals surface area (Å²) < 4.78 is 34.2. The van der Waals surface area contributed by atoms with Gasteiger partial charge in [0.1, 0.15) is 10.9 Å². The van der Waals surface area contributed by atoms with E-state index in [2.05, 4.69) is 5.32 Å². The first-order valence-corrected chi connectivity index (χ1v) is 15.9. The second-order valence-electron chi connectivity index (χ2n) is 9.88. The minimum absolute atomic E-state index is 0.132. The summed E-state index contributed by atoms with van der Waals surface area (Å²) in [7, 11) is -6.22. The molecule has 0 unspecified atom stereocenters. The quantitative estimate of drug-likeness (QED) is 0.442. The summed E-state index contributed by atoms with van der Waals surface area (Å²) in [5.74, 6) is -0.354. The lowest BCUT2D eigenvalue weighted by Gasteiger charge is -2.68. The molecule has 0 aromatic heterocycles. The SMILES string of the molecule is CC[C@@]1(S(=O)(=O)c2ccccc2)N(C(C)(C)C)C(=O)[C@]1(NC(=O)COc1ccccc1)[SiH](C)C. The number of hydrogen-bond donors (Lipinski definition) is 1. The van der Waals surface area contributed by atoms with Crippen LogP contribution in [-0.2, 0) is 19.4 Å². The number of benzene rings is 2. The van der Waals surface area contributed by atoms with Gasteiger partial charge in [0.2, 0.25) is 15.7 Å². The highest BCUT2D eigenvalue weighted by molar-refractivity contribution is 7.93. The maximum Gasteiger partial charge on any atom is 0.258 e. The summed E-state index contributed by atoms with van der Waals surface area (Å²) in [6.07, 6.45) is 0.137. The summed E-state index contributed by atoms with van der Waals surface area (Å²) in [6, 6.07) is 17.0. The molecule has 2 amide bonds. The number of amides is 2. The highest BCUT2D eigenvalue weighted by Gasteiger charge is 2.79. The smallest absolute Gasteiger partial charge is 0.258 e. The van der Waals surface area contributed by atoms with Gasteiger partial charge < -0.3 is 15.0 Å². The minimum Gasteiger partial charge on any atom is -0.484 e. The Balaban J connectivity index is 2.11. The standard InChI is InChI=1S/C25H34N2O5SSi/c1-7-24(33(30,31)20-16-12-9-13-17-20)25(34(5)6,22(29)27(24)23(2,3)4)26-21(28)18-32-19-14-10-8-11-15-19/h8-17,34H,7,18H2,1-6H3,(H,26,28)/t24-,25-/m0/s1. The van der Waals surface area contributed by atoms with Gasteiger partial charge in [0.05, 0.1) is 13.7 Å². The minimum atomic E-state index is -4.06. The Morgan fingerprint density at radius 3 is 2.03 bits per heavy atom. The van der Waals surface area contributed by atoms with Crippen LogP contribution in [0.15, 0.2) is 65.6 Å². The Morgan fingerprint density at radius 2 is 1.56 bits per heavy atom. The maximum atomic E-state index is 14.3. The number of β-lactam (4-membered cyclic amide) rings is 1. The van der Waals surface area contributed by atoms with E-state index in [1.807, 2.05) is 39.9 Å². The zero-order valence-electron chi connectivity index (χ0n) is 20.7. The van der Waals surface area contributed by atoms with Gasteiger partial charge in [0.25, 0.3) is 5.91 Å². The fourth-order valence-corrected chi connectivity index (χ4v) is 11.1. The predicted octanol–water partition coefficient (Wildman–Crippen LogP) is 3.17. The number of nitrogens with zero attached hydrogens (tertiary/aromatic N) is 1. The van der Waals surface area contributed by atoms with Gasteiger partial charge in [-0.2, -0.15) is 0 Å². The number of ether oxygens (including phenoxy) is 1. The molecule has 3 rings (SSSR count). The first kappa shape index (κ1) is 26.0. The van der Waals surface area contributed by atoms with Crippen molar-refractivity contribution in [1.29, 1.82) is 0 Å². The first-order valence-electron chi connectivity index (χ1n) is 11.5. The van der Waals surface area contributed by atoms with Crippen molar-refractivity contribution in [3.63, 3.8) is 0 Å². The fourth-order valence-electron chi connectivity index (χ4n) is 5.15. The van der Waals surface area contributed by atoms with Crippen LogP contribution in [0.5, 0.6) is 5.75 Å². The Bertz CT molecular complexity index is 1150. The number of carbonyl (C=O) groups excluding carboxylic acids is 2. The van der Waals surface area contributed by atoms with Gasteiger partial charge in [-0.25, -0.2) is 8.42 Å². The van der Waals surface area contributed by atoms with Crippen molar-refractivity contribution in [3.05, 3.63) is 60.7 Å². The summed E-state index contributed by atoms with van der Waals surface area (Å²) in [4.78, 5) is 27.0. The molecule has 9 heteroatoms. The van der Waals surface area contributed by atoms with Crippen molar-refractivity contribution in [3.8, 4) is 5.75 Å². The molecular weight excluding hydrogens is 468 g/mol. The van der Waals surface area contributed by atoms with Gasteiger partial charge >= 0.3 is 0 Å². The van der Waals surface area contributed by atoms with Gasteiger partial charge in [-0.3, -0.25) is 9.59 Å². The number of likely N-dealkylation sites (tertiary alicyclic amines) is 1. The highest BCUT2D eigenvalue weighted by Crippen LogP contribution is 2.54. The third-order valence-corrected chi connectivity index (χ3v) is 11.9. The van der Waals surface area contributed by atoms with Crippen LogP contribution in [0.2, 0.25) is 13.1 Å². The average molecular weight is 503 g/mol. The monoisotopic (exact) mass is 502 g/mol. The van der Waals surface area contributed by atoms with Crippen LogP contribution in [0.4, 0.5) is 0 Å². The molecule has 1 N–H and O–H groups in total. The molecule has 1 heterocycles. The van der Waals surface area contributed by atoms with Crippen LogP contribution in [0.25, 0.3) is 0 Å². The molecule has 1 aliphatic heterocycles. The van der Waals surface area contributed by atoms with Crippen LogP contribution in [0.3, 0.4) is 0 Å². The lowest BCUT2D eigenvalue weighted by molar-refractivity contribution is -0.173. The Hall–Kier alpha value is -2.65. The topological polar surface area (TPSA) is 92.8 Å². The third kappa shape index (κ3) is 3.84. The predicted molar refractivity (Wildman–Crippen MR) is 135 cm³/mol. The van der Waals surface area contributed by atoms with E-state index in [4.69, 9.17) is 4.74 Å². The number of carbonyl (C=O) groups is 2. The van der Waals surface area contributed by atoms with Crippen LogP contribution in [0, 0.1) is 0 Å². The zero-order valence-corrected chi connectivity index (χ0v) is 22.6. The Morgan fingerprint density at radius 1 is 1.03 bits per heavy atom. The van der Waals surface area contributed by atoms with E-state index in [0.717, 1.165) is 0 Å². The molecule has 0 spiro atoms. The zero-order chi connectivity index (χ0) is 25.4. The van der Waals surface area contributed by atoms with Crippen molar-refractivity contribution in [2.45, 2.75) is 67.7 Å². The third-order valence-electron chi connectivity index (χ3n) is 6.48. The van der Waals surface area contributed by atoms with Crippen LogP contribution in [0.1, 0.15) is 34.1 Å². The number of sulfone groups is 1. The average Bonchev–Trinajstić information content (AvgIpc) is 2.79. The normalized spacial score (nSPS) is 22.9. The lowest BCUT2D eigenvalue weighted by atomic mass is 9.84. The van der Waals surface area contributed by atoms with Crippen LogP contribution < -0.4 is 10.1 Å². The highest BCUT2D eigenvalue weighted by atomic mass is 32.2. The fraction of sp³-hybridized carbons (Fsp3) is 0.440. The van der Waals surface area contributed by atoms with Gasteiger partial charge in [0.15, 0.2) is 11.5 Å². The lowest BCUT2D eigenvalue weighted by Crippen LogP contribution is -2.95. The largest absolute Gasteiger partial charge is 0.484 e. The molecule has 1 saturated heterocycles. The molecule has 0 saturated carbocycles. The van der Waals surface area contributed by atoms with E-state index in [0.29, 0.717) is 5.75 Å². The molecule has 0 bridgehead atoms. The van der Waals surface area contributed by atoms with Crippen molar-refractivity contribution >= 4 is 30.4 Å². The molecular formula is C25H34N2O5SSi. The Labute approximate surface area is 204 Å². The summed E-state index contributed by atoms with van der Waals surface area (Å²) in [6.45, 7) is 10.7. The summed E-state index contributed by atoms with van der Waals surface area (Å²) >= 11 is 0. The van der Waals surface area contributed by atoms with Gasteiger partial charge in [-0.1, -0.05) is 56.4 Å². The van der Waals surface area contributed by atoms with Crippen LogP contribution >= 0.6 is 0 Å². The summed E-state index contributed by atoms with van der Waals surface area (Å²) in [5, 5.41) is 1.38. The van der Waals surface area contributed by atoms with Crippen molar-refractivity contribution in [1.82, 2.24) is 10.2 Å². The molecule has 0 radical (unpaired) electrons. The molecule has 34 heavy (non-hydrogen) atoms. The van der Waals surface area contributed by atoms with Crippen molar-refractivity contribution < 1.29 is 22.7 Å². The number of rotatable bonds is 8. The van der Waals surface area contributed by atoms with E-state index < -0.39 is 40.1 Å². The molecule has 7 nitrogen and oxygen atoms in total. The van der Waals surface area contributed by atoms with E-state index in [9.17, 15) is 18.0 Å². The van der Waals surface area contributed by atoms with E-state index in [-0.39, 0.29) is 23.8 Å². The van der Waals surface area contributed by atoms with Crippen molar-refractivity contribution in [2.75, 3.05) is 6.61 Å². The van der Waals surface area contributed by atoms with E-state index in [1.54, 1.807) is 61.5 Å². The number of para-hydroxylation sites is 1. The number of nitrogens with one attached hydrogen (secondary N) is 1. The maximum absolute atomic E-state index is 14.3. The molecule has 184 valence electrons. The van der Waals surface area contributed by atoms with Crippen molar-refractivity contribution in [2.24, 2.45) is 0 Å². The molecule has 0 aliphatic carbocycles. The molecule has 2 atom stereocenters. The van der Waals surface area contributed by atoms with Crippen LogP contribution in [-0.4, -0.2) is 56.1 Å². The van der Waals surface area contributed by atoms with E-state index in [1.165, 1.54) is 4.90 Å². The first-order chi connectivity index (χ1) is 15.9. The second-order valence-corrected chi connectivity index (χ2v) is 15.2. The molecule has 2 aromatic carbocycles. The van der Waals surface area contributed by atoms with E-state index >= 15 is 0 Å². The van der Waals surface area contributed by atoms with Gasteiger partial charge in [-0.15, -0.1) is 0 Å². The molecule has 1 aliphatic rings. The second kappa shape index (κ2) is 9.18. The molecule has 2 aromatic rings. The van der Waals surface area contributed by atoms with Gasteiger partial charge in [-0.05, 0) is 51.5 Å². The number of hydrogen-bond acceptors (Lipinski definition) is 5. The summed E-state index contributed by atoms with van der Waals surface area (Å²) in [5.41, 5.74) is -0.771.